The molecule has 0 aliphatic carbocycles. The Morgan fingerprint density at radius 1 is 0.750 bits per heavy atom. The molecular formula is C26H19FN4O. The Morgan fingerprint density at radius 2 is 1.41 bits per heavy atom. The summed E-state index contributed by atoms with van der Waals surface area (Å²) in [5.41, 5.74) is 3.03. The first kappa shape index (κ1) is 19.5. The van der Waals surface area contributed by atoms with Gasteiger partial charge in [0.05, 0.1) is 10.9 Å². The summed E-state index contributed by atoms with van der Waals surface area (Å²) >= 11 is 0. The minimum atomic E-state index is -0.309. The van der Waals surface area contributed by atoms with Crippen LogP contribution in [0, 0.1) is 5.82 Å². The molecule has 2 N–H and O–H groups in total. The van der Waals surface area contributed by atoms with Gasteiger partial charge in [0, 0.05) is 35.4 Å². The van der Waals surface area contributed by atoms with E-state index in [1.54, 1.807) is 24.4 Å². The van der Waals surface area contributed by atoms with Crippen LogP contribution in [0.15, 0.2) is 108 Å². The molecule has 0 spiro atoms. The van der Waals surface area contributed by atoms with Crippen LogP contribution in [0.2, 0.25) is 0 Å². The van der Waals surface area contributed by atoms with Crippen molar-refractivity contribution in [2.24, 2.45) is 0 Å². The highest BCUT2D eigenvalue weighted by Crippen LogP contribution is 2.27. The molecule has 5 aromatic rings. The van der Waals surface area contributed by atoms with Gasteiger partial charge in [0.2, 0.25) is 0 Å². The molecule has 0 aliphatic rings. The minimum absolute atomic E-state index is 0.133. The van der Waals surface area contributed by atoms with E-state index < -0.39 is 0 Å². The number of halogens is 1. The highest BCUT2D eigenvalue weighted by molar-refractivity contribution is 5.86. The molecule has 0 amide bonds. The maximum Gasteiger partial charge on any atom is 0.193 e. The number of hydrogen-bond donors (Lipinski definition) is 2. The van der Waals surface area contributed by atoms with E-state index in [9.17, 15) is 9.18 Å². The molecule has 0 unspecified atom stereocenters. The third-order valence-electron chi connectivity index (χ3n) is 5.07. The van der Waals surface area contributed by atoms with Crippen LogP contribution in [0.1, 0.15) is 0 Å². The second-order valence-electron chi connectivity index (χ2n) is 7.27. The number of rotatable bonds is 5. The first-order valence-electron chi connectivity index (χ1n) is 10.1. The van der Waals surface area contributed by atoms with E-state index in [2.05, 4.69) is 15.6 Å². The fourth-order valence-corrected chi connectivity index (χ4v) is 3.58. The van der Waals surface area contributed by atoms with Gasteiger partial charge in [0.1, 0.15) is 17.5 Å². The number of nitrogens with zero attached hydrogens (tertiary/aromatic N) is 2. The summed E-state index contributed by atoms with van der Waals surface area (Å²) < 4.78 is 15.2. The Kier molecular flexibility index (Phi) is 5.09. The lowest BCUT2D eigenvalue weighted by atomic mass is 10.2. The zero-order chi connectivity index (χ0) is 21.9. The van der Waals surface area contributed by atoms with Crippen LogP contribution in [-0.4, -0.2) is 9.55 Å². The summed E-state index contributed by atoms with van der Waals surface area (Å²) in [4.78, 5) is 17.3. The molecule has 3 aromatic carbocycles. The molecule has 0 saturated heterocycles. The number of hydrogen-bond acceptors (Lipinski definition) is 4. The number of fused-ring (bicyclic) bond motifs is 1. The number of anilines is 4. The zero-order valence-corrected chi connectivity index (χ0v) is 17.0. The Hall–Kier alpha value is -4.45. The topological polar surface area (TPSA) is 59.0 Å². The van der Waals surface area contributed by atoms with E-state index in [0.29, 0.717) is 28.2 Å². The van der Waals surface area contributed by atoms with Gasteiger partial charge in [-0.2, -0.15) is 0 Å². The maximum absolute atomic E-state index is 13.3. The molecule has 2 aromatic heterocycles. The molecule has 2 heterocycles. The summed E-state index contributed by atoms with van der Waals surface area (Å²) in [5, 5.41) is 7.03. The molecule has 0 aliphatic heterocycles. The van der Waals surface area contributed by atoms with Crippen molar-refractivity contribution in [2.45, 2.75) is 0 Å². The van der Waals surface area contributed by atoms with Crippen LogP contribution in [-0.2, 0) is 0 Å². The van der Waals surface area contributed by atoms with Gasteiger partial charge < -0.3 is 10.6 Å². The first-order chi connectivity index (χ1) is 15.7. The van der Waals surface area contributed by atoms with Gasteiger partial charge in [-0.25, -0.2) is 9.37 Å². The zero-order valence-electron chi connectivity index (χ0n) is 17.0. The van der Waals surface area contributed by atoms with Crippen molar-refractivity contribution in [3.05, 3.63) is 119 Å². The van der Waals surface area contributed by atoms with Crippen molar-refractivity contribution in [3.8, 4) is 5.69 Å². The van der Waals surface area contributed by atoms with Gasteiger partial charge in [0.15, 0.2) is 5.43 Å². The van der Waals surface area contributed by atoms with Gasteiger partial charge in [-0.3, -0.25) is 9.36 Å². The van der Waals surface area contributed by atoms with Crippen LogP contribution in [0.3, 0.4) is 0 Å². The maximum atomic E-state index is 13.3. The predicted octanol–water partition coefficient (Wildman–Crippen LogP) is 6.01. The lowest BCUT2D eigenvalue weighted by Gasteiger charge is -2.19. The predicted molar refractivity (Wildman–Crippen MR) is 127 cm³/mol. The monoisotopic (exact) mass is 422 g/mol. The van der Waals surface area contributed by atoms with E-state index in [1.165, 1.54) is 12.1 Å². The lowest BCUT2D eigenvalue weighted by molar-refractivity contribution is 0.628. The van der Waals surface area contributed by atoms with Gasteiger partial charge in [-0.15, -0.1) is 0 Å². The summed E-state index contributed by atoms with van der Waals surface area (Å²) in [7, 11) is 0. The summed E-state index contributed by atoms with van der Waals surface area (Å²) in [6.07, 6.45) is 1.56. The number of nitrogens with one attached hydrogen (secondary N) is 2. The third-order valence-corrected chi connectivity index (χ3v) is 5.07. The summed E-state index contributed by atoms with van der Waals surface area (Å²) in [6, 6.07) is 28.9. The third kappa shape index (κ3) is 3.94. The van der Waals surface area contributed by atoms with E-state index in [4.69, 9.17) is 0 Å². The van der Waals surface area contributed by atoms with Crippen LogP contribution in [0.4, 0.5) is 27.4 Å². The Morgan fingerprint density at radius 3 is 2.12 bits per heavy atom. The van der Waals surface area contributed by atoms with Gasteiger partial charge in [-0.05, 0) is 48.5 Å². The van der Waals surface area contributed by atoms with Gasteiger partial charge >= 0.3 is 0 Å². The highest BCUT2D eigenvalue weighted by atomic mass is 19.1. The lowest BCUT2D eigenvalue weighted by Crippen LogP contribution is -2.13. The number of benzene rings is 3. The van der Waals surface area contributed by atoms with Gasteiger partial charge in [0.25, 0.3) is 0 Å². The Labute approximate surface area is 183 Å². The largest absolute Gasteiger partial charge is 0.341 e. The van der Waals surface area contributed by atoms with Crippen LogP contribution >= 0.6 is 0 Å². The molecule has 5 rings (SSSR count). The quantitative estimate of drug-likeness (QED) is 0.364. The molecule has 0 bridgehead atoms. The fraction of sp³-hybridized carbons (Fsp3) is 0. The molecular weight excluding hydrogens is 403 g/mol. The molecule has 5 nitrogen and oxygen atoms in total. The Bertz CT molecular complexity index is 1430. The number of para-hydroxylation sites is 2. The molecule has 0 atom stereocenters. The minimum Gasteiger partial charge on any atom is -0.341 e. The molecule has 0 fully saturated rings. The molecule has 6 heteroatoms. The van der Waals surface area contributed by atoms with Crippen molar-refractivity contribution in [1.29, 1.82) is 0 Å². The van der Waals surface area contributed by atoms with Gasteiger partial charge in [-0.1, -0.05) is 36.4 Å². The second-order valence-corrected chi connectivity index (χ2v) is 7.27. The van der Waals surface area contributed by atoms with Crippen LogP contribution in [0.5, 0.6) is 0 Å². The Balaban J connectivity index is 1.69. The summed E-state index contributed by atoms with van der Waals surface area (Å²) in [6.45, 7) is 0. The van der Waals surface area contributed by atoms with Crippen molar-refractivity contribution in [2.75, 3.05) is 10.6 Å². The van der Waals surface area contributed by atoms with Crippen molar-refractivity contribution >= 4 is 33.9 Å². The van der Waals surface area contributed by atoms with Crippen molar-refractivity contribution in [3.63, 3.8) is 0 Å². The van der Waals surface area contributed by atoms with Crippen molar-refractivity contribution < 1.29 is 4.39 Å². The number of aromatic nitrogens is 2. The normalized spacial score (nSPS) is 10.8. The molecule has 0 saturated carbocycles. The van der Waals surface area contributed by atoms with E-state index in [0.717, 1.165) is 11.4 Å². The average molecular weight is 422 g/mol. The fourth-order valence-electron chi connectivity index (χ4n) is 3.58. The average Bonchev–Trinajstić information content (AvgIpc) is 2.82. The SMILES string of the molecule is O=c1cc(Nc2ccccc2)n(-c2ccccc2)c2cc(Nc3ccc(F)cc3)ncc12. The van der Waals surface area contributed by atoms with E-state index >= 15 is 0 Å². The highest BCUT2D eigenvalue weighted by Gasteiger charge is 2.13. The number of pyridine rings is 2. The van der Waals surface area contributed by atoms with E-state index in [1.807, 2.05) is 71.3 Å². The van der Waals surface area contributed by atoms with Crippen molar-refractivity contribution in [1.82, 2.24) is 9.55 Å². The molecule has 156 valence electrons. The van der Waals surface area contributed by atoms with Crippen LogP contribution in [0.25, 0.3) is 16.6 Å². The second kappa shape index (κ2) is 8.35. The summed E-state index contributed by atoms with van der Waals surface area (Å²) in [5.74, 6) is 0.875. The van der Waals surface area contributed by atoms with E-state index in [-0.39, 0.29) is 11.2 Å². The van der Waals surface area contributed by atoms with Crippen LogP contribution < -0.4 is 16.1 Å². The smallest absolute Gasteiger partial charge is 0.193 e. The molecule has 0 radical (unpaired) electrons. The first-order valence-corrected chi connectivity index (χ1v) is 10.1. The molecule has 32 heavy (non-hydrogen) atoms. The standard InChI is InChI=1S/C26H19FN4O/c27-18-11-13-20(14-12-18)29-25-15-23-22(17-28-25)24(32)16-26(30-19-7-3-1-4-8-19)31(23)21-9-5-2-6-10-21/h1-17,30H,(H,28,29).